The van der Waals surface area contributed by atoms with Crippen LogP contribution in [0.4, 0.5) is 0 Å². The van der Waals surface area contributed by atoms with Crippen LogP contribution in [0.3, 0.4) is 0 Å². The molecule has 0 bridgehead atoms. The molecule has 0 spiro atoms. The fourth-order valence-corrected chi connectivity index (χ4v) is 1.54. The van der Waals surface area contributed by atoms with Crippen molar-refractivity contribution in [3.63, 3.8) is 0 Å². The minimum atomic E-state index is -0.395. The Kier molecular flexibility index (Phi) is 5.23. The first kappa shape index (κ1) is 13.5. The summed E-state index contributed by atoms with van der Waals surface area (Å²) in [4.78, 5) is 0. The molecule has 0 aromatic rings. The highest BCUT2D eigenvalue weighted by atomic mass is 16.5. The van der Waals surface area contributed by atoms with Gasteiger partial charge in [-0.2, -0.15) is 0 Å². The Bertz CT molecular complexity index is 194. The molecule has 1 nitrogen and oxygen atoms in total. The lowest BCUT2D eigenvalue weighted by Crippen LogP contribution is -2.36. The van der Waals surface area contributed by atoms with Crippen molar-refractivity contribution in [3.8, 4) is 12.3 Å². The molecule has 0 radical (unpaired) electrons. The smallest absolute Gasteiger partial charge is 0.126 e. The van der Waals surface area contributed by atoms with Gasteiger partial charge in [0.2, 0.25) is 0 Å². The molecule has 0 aliphatic heterocycles. The molecule has 0 fully saturated rings. The van der Waals surface area contributed by atoms with Gasteiger partial charge < -0.3 is 4.74 Å². The maximum atomic E-state index is 5.88. The molecule has 0 aliphatic rings. The highest BCUT2D eigenvalue weighted by Crippen LogP contribution is 2.24. The largest absolute Gasteiger partial charge is 0.357 e. The average Bonchev–Trinajstić information content (AvgIpc) is 2.02. The lowest BCUT2D eigenvalue weighted by molar-refractivity contribution is -0.0942. The van der Waals surface area contributed by atoms with E-state index in [1.165, 1.54) is 12.8 Å². The van der Waals surface area contributed by atoms with E-state index in [1.54, 1.807) is 0 Å². The summed E-state index contributed by atoms with van der Waals surface area (Å²) in [7, 11) is 0. The summed E-state index contributed by atoms with van der Waals surface area (Å²) in [5, 5.41) is 0. The van der Waals surface area contributed by atoms with Crippen molar-refractivity contribution in [2.75, 3.05) is 0 Å². The van der Waals surface area contributed by atoms with Gasteiger partial charge >= 0.3 is 0 Å². The molecule has 0 aliphatic carbocycles. The van der Waals surface area contributed by atoms with E-state index in [0.717, 1.165) is 12.8 Å². The first-order chi connectivity index (χ1) is 6.33. The van der Waals surface area contributed by atoms with Crippen molar-refractivity contribution < 1.29 is 4.74 Å². The zero-order chi connectivity index (χ0) is 11.2. The third-order valence-corrected chi connectivity index (χ3v) is 2.09. The van der Waals surface area contributed by atoms with Gasteiger partial charge in [0, 0.05) is 0 Å². The summed E-state index contributed by atoms with van der Waals surface area (Å²) in [6.07, 6.45) is 10.1. The van der Waals surface area contributed by atoms with Crippen LogP contribution in [0.5, 0.6) is 0 Å². The molecular weight excluding hydrogens is 172 g/mol. The van der Waals surface area contributed by atoms with Crippen LogP contribution in [-0.4, -0.2) is 11.2 Å². The predicted octanol–water partition coefficient (Wildman–Crippen LogP) is 3.77. The molecule has 0 rings (SSSR count). The zero-order valence-electron chi connectivity index (χ0n) is 10.3. The normalized spacial score (nSPS) is 16.0. The van der Waals surface area contributed by atoms with E-state index >= 15 is 0 Å². The molecular formula is C13H24O. The number of unbranched alkanes of at least 4 members (excludes halogenated alkanes) is 2. The summed E-state index contributed by atoms with van der Waals surface area (Å²) in [6, 6.07) is 0. The topological polar surface area (TPSA) is 9.23 Å². The molecule has 0 amide bonds. The maximum absolute atomic E-state index is 5.88. The van der Waals surface area contributed by atoms with Gasteiger partial charge in [-0.1, -0.05) is 25.7 Å². The van der Waals surface area contributed by atoms with Crippen LogP contribution in [0, 0.1) is 12.3 Å². The standard InChI is InChI=1S/C13H24O/c1-7-9-10-11-13(6,8-2)14-12(3,4)5/h2H,7,9-11H2,1,3-6H3/t13-/m1/s1. The minimum Gasteiger partial charge on any atom is -0.357 e. The summed E-state index contributed by atoms with van der Waals surface area (Å²) in [5.41, 5.74) is -0.555. The van der Waals surface area contributed by atoms with Crippen molar-refractivity contribution in [1.82, 2.24) is 0 Å². The van der Waals surface area contributed by atoms with E-state index in [4.69, 9.17) is 11.2 Å². The molecule has 0 saturated carbocycles. The van der Waals surface area contributed by atoms with Crippen LogP contribution in [0.25, 0.3) is 0 Å². The highest BCUT2D eigenvalue weighted by molar-refractivity contribution is 5.06. The molecule has 0 aromatic carbocycles. The van der Waals surface area contributed by atoms with Gasteiger partial charge in [0.1, 0.15) is 5.60 Å². The number of hydrogen-bond donors (Lipinski definition) is 0. The van der Waals surface area contributed by atoms with Gasteiger partial charge in [0.05, 0.1) is 5.60 Å². The van der Waals surface area contributed by atoms with Crippen LogP contribution in [0.2, 0.25) is 0 Å². The van der Waals surface area contributed by atoms with Gasteiger partial charge in [-0.3, -0.25) is 0 Å². The van der Waals surface area contributed by atoms with E-state index in [-0.39, 0.29) is 5.60 Å². The lowest BCUT2D eigenvalue weighted by atomic mass is 9.97. The predicted molar refractivity (Wildman–Crippen MR) is 62.2 cm³/mol. The second kappa shape index (κ2) is 5.41. The Labute approximate surface area is 89.2 Å². The fraction of sp³-hybridized carbons (Fsp3) is 0.846. The van der Waals surface area contributed by atoms with Gasteiger partial charge in [-0.25, -0.2) is 0 Å². The molecule has 82 valence electrons. The second-order valence-electron chi connectivity index (χ2n) is 5.05. The van der Waals surface area contributed by atoms with Crippen molar-refractivity contribution in [3.05, 3.63) is 0 Å². The van der Waals surface area contributed by atoms with Crippen LogP contribution < -0.4 is 0 Å². The van der Waals surface area contributed by atoms with Crippen molar-refractivity contribution in [2.24, 2.45) is 0 Å². The monoisotopic (exact) mass is 196 g/mol. The molecule has 0 aromatic heterocycles. The summed E-state index contributed by atoms with van der Waals surface area (Å²) >= 11 is 0. The summed E-state index contributed by atoms with van der Waals surface area (Å²) < 4.78 is 5.88. The van der Waals surface area contributed by atoms with Gasteiger partial charge in [0.15, 0.2) is 0 Å². The van der Waals surface area contributed by atoms with Crippen LogP contribution in [0.15, 0.2) is 0 Å². The Balaban J connectivity index is 4.14. The molecule has 0 N–H and O–H groups in total. The number of ether oxygens (including phenoxy) is 1. The first-order valence-electron chi connectivity index (χ1n) is 5.51. The van der Waals surface area contributed by atoms with Crippen LogP contribution in [0.1, 0.15) is 60.3 Å². The van der Waals surface area contributed by atoms with Crippen molar-refractivity contribution in [2.45, 2.75) is 71.5 Å². The first-order valence-corrected chi connectivity index (χ1v) is 5.51. The lowest BCUT2D eigenvalue weighted by Gasteiger charge is -2.32. The van der Waals surface area contributed by atoms with Crippen molar-refractivity contribution >= 4 is 0 Å². The summed E-state index contributed by atoms with van der Waals surface area (Å²) in [6.45, 7) is 10.3. The SMILES string of the molecule is C#C[C@](C)(CCCCC)OC(C)(C)C. The Hall–Kier alpha value is -0.480. The quantitative estimate of drug-likeness (QED) is 0.480. The van der Waals surface area contributed by atoms with E-state index in [9.17, 15) is 0 Å². The summed E-state index contributed by atoms with van der Waals surface area (Å²) in [5.74, 6) is 2.77. The van der Waals surface area contributed by atoms with E-state index in [1.807, 2.05) is 27.7 Å². The Morgan fingerprint density at radius 3 is 2.07 bits per heavy atom. The van der Waals surface area contributed by atoms with Gasteiger partial charge in [-0.05, 0) is 40.5 Å². The fourth-order valence-electron chi connectivity index (χ4n) is 1.54. The molecule has 1 atom stereocenters. The second-order valence-corrected chi connectivity index (χ2v) is 5.05. The zero-order valence-corrected chi connectivity index (χ0v) is 10.3. The highest BCUT2D eigenvalue weighted by Gasteiger charge is 2.27. The average molecular weight is 196 g/mol. The molecule has 14 heavy (non-hydrogen) atoms. The van der Waals surface area contributed by atoms with Gasteiger partial charge in [-0.15, -0.1) is 6.42 Å². The van der Waals surface area contributed by atoms with Crippen LogP contribution in [-0.2, 0) is 4.74 Å². The number of rotatable bonds is 5. The molecule has 0 unspecified atom stereocenters. The Morgan fingerprint density at radius 1 is 1.14 bits per heavy atom. The van der Waals surface area contributed by atoms with E-state index in [2.05, 4.69) is 12.8 Å². The number of hydrogen-bond acceptors (Lipinski definition) is 1. The Morgan fingerprint density at radius 2 is 1.71 bits per heavy atom. The molecule has 1 heteroatoms. The van der Waals surface area contributed by atoms with Crippen LogP contribution >= 0.6 is 0 Å². The number of terminal acetylenes is 1. The third kappa shape index (κ3) is 6.05. The minimum absolute atomic E-state index is 0.159. The van der Waals surface area contributed by atoms with Crippen molar-refractivity contribution in [1.29, 1.82) is 0 Å². The maximum Gasteiger partial charge on any atom is 0.126 e. The molecule has 0 saturated heterocycles. The molecule has 0 heterocycles. The third-order valence-electron chi connectivity index (χ3n) is 2.09. The van der Waals surface area contributed by atoms with E-state index < -0.39 is 5.60 Å². The van der Waals surface area contributed by atoms with Gasteiger partial charge in [0.25, 0.3) is 0 Å². The van der Waals surface area contributed by atoms with E-state index in [0.29, 0.717) is 0 Å².